The molecule has 2 nitrogen and oxygen atoms in total. The van der Waals surface area contributed by atoms with E-state index < -0.39 is 0 Å². The summed E-state index contributed by atoms with van der Waals surface area (Å²) >= 11 is 0. The van der Waals surface area contributed by atoms with Crippen molar-refractivity contribution in [1.82, 2.24) is 5.32 Å². The molecule has 1 fully saturated rings. The monoisotopic (exact) mass is 253 g/mol. The Bertz CT molecular complexity index is 472. The lowest BCUT2D eigenvalue weighted by Gasteiger charge is -2.24. The van der Waals surface area contributed by atoms with Crippen LogP contribution < -0.4 is 5.32 Å². The Kier molecular flexibility index (Phi) is 3.62. The summed E-state index contributed by atoms with van der Waals surface area (Å²) in [6, 6.07) is 21.4. The molecule has 0 amide bonds. The summed E-state index contributed by atoms with van der Waals surface area (Å²) in [6.07, 6.45) is 0.592. The van der Waals surface area contributed by atoms with Crippen molar-refractivity contribution >= 4 is 0 Å². The molecule has 2 atom stereocenters. The van der Waals surface area contributed by atoms with Crippen LogP contribution in [0.15, 0.2) is 60.7 Å². The summed E-state index contributed by atoms with van der Waals surface area (Å²) in [5.41, 5.74) is 2.61. The van der Waals surface area contributed by atoms with E-state index in [0.29, 0.717) is 18.5 Å². The van der Waals surface area contributed by atoms with E-state index in [2.05, 4.69) is 53.8 Å². The molecule has 0 radical (unpaired) electrons. The third kappa shape index (κ3) is 2.70. The summed E-state index contributed by atoms with van der Waals surface area (Å²) in [7, 11) is 0. The molecule has 1 unspecified atom stereocenters. The van der Waals surface area contributed by atoms with Crippen molar-refractivity contribution in [2.24, 2.45) is 0 Å². The number of benzene rings is 2. The maximum Gasteiger partial charge on any atom is 0.0679 e. The van der Waals surface area contributed by atoms with Gasteiger partial charge in [0.05, 0.1) is 6.10 Å². The Morgan fingerprint density at radius 1 is 0.895 bits per heavy atom. The average Bonchev–Trinajstić information content (AvgIpc) is 2.88. The Hall–Kier alpha value is -1.64. The standard InChI is InChI=1S/C17H19NO/c19-15-11-16(18-12-15)17(13-7-3-1-4-8-13)14-9-5-2-6-10-14/h1-10,15-19H,11-12H2/t15-,16?/m0/s1. The van der Waals surface area contributed by atoms with Crippen molar-refractivity contribution < 1.29 is 5.11 Å². The lowest BCUT2D eigenvalue weighted by Crippen LogP contribution is -2.29. The van der Waals surface area contributed by atoms with Gasteiger partial charge in [0.15, 0.2) is 0 Å². The van der Waals surface area contributed by atoms with Gasteiger partial charge in [0.25, 0.3) is 0 Å². The zero-order chi connectivity index (χ0) is 13.1. The van der Waals surface area contributed by atoms with Crippen molar-refractivity contribution in [3.8, 4) is 0 Å². The van der Waals surface area contributed by atoms with Gasteiger partial charge >= 0.3 is 0 Å². The number of rotatable bonds is 3. The van der Waals surface area contributed by atoms with Gasteiger partial charge in [-0.1, -0.05) is 60.7 Å². The molecule has 0 aromatic heterocycles. The summed E-state index contributed by atoms with van der Waals surface area (Å²) in [5, 5.41) is 13.2. The quantitative estimate of drug-likeness (QED) is 0.881. The summed E-state index contributed by atoms with van der Waals surface area (Å²) in [6.45, 7) is 0.695. The van der Waals surface area contributed by atoms with Gasteiger partial charge in [-0.3, -0.25) is 0 Å². The smallest absolute Gasteiger partial charge is 0.0679 e. The predicted octanol–water partition coefficient (Wildman–Crippen LogP) is 2.54. The molecule has 2 aromatic carbocycles. The van der Waals surface area contributed by atoms with Gasteiger partial charge in [-0.05, 0) is 17.5 Å². The van der Waals surface area contributed by atoms with Gasteiger partial charge in [0.2, 0.25) is 0 Å². The second-order valence-corrected chi connectivity index (χ2v) is 5.20. The SMILES string of the molecule is O[C@@H]1CNC(C(c2ccccc2)c2ccccc2)C1. The minimum atomic E-state index is -0.222. The third-order valence-electron chi connectivity index (χ3n) is 3.86. The van der Waals surface area contributed by atoms with Gasteiger partial charge in [-0.25, -0.2) is 0 Å². The largest absolute Gasteiger partial charge is 0.392 e. The highest BCUT2D eigenvalue weighted by Gasteiger charge is 2.31. The molecule has 1 aliphatic rings. The maximum absolute atomic E-state index is 9.78. The van der Waals surface area contributed by atoms with Crippen LogP contribution in [-0.4, -0.2) is 23.8 Å². The molecule has 3 rings (SSSR count). The van der Waals surface area contributed by atoms with E-state index in [1.54, 1.807) is 0 Å². The Morgan fingerprint density at radius 3 is 1.84 bits per heavy atom. The molecule has 0 bridgehead atoms. The molecule has 2 aromatic rings. The molecule has 1 aliphatic heterocycles. The van der Waals surface area contributed by atoms with Crippen molar-refractivity contribution in [3.05, 3.63) is 71.8 Å². The van der Waals surface area contributed by atoms with Crippen molar-refractivity contribution in [1.29, 1.82) is 0 Å². The summed E-state index contributed by atoms with van der Waals surface area (Å²) in [5.74, 6) is 0.305. The molecule has 98 valence electrons. The fourth-order valence-electron chi connectivity index (χ4n) is 2.98. The Morgan fingerprint density at radius 2 is 1.42 bits per heavy atom. The molecule has 0 aliphatic carbocycles. The highest BCUT2D eigenvalue weighted by molar-refractivity contribution is 5.34. The van der Waals surface area contributed by atoms with E-state index in [4.69, 9.17) is 0 Å². The molecule has 0 spiro atoms. The maximum atomic E-state index is 9.78. The van der Waals surface area contributed by atoms with Gasteiger partial charge in [-0.2, -0.15) is 0 Å². The van der Waals surface area contributed by atoms with Gasteiger partial charge in [0.1, 0.15) is 0 Å². The fourth-order valence-corrected chi connectivity index (χ4v) is 2.98. The van der Waals surface area contributed by atoms with E-state index in [9.17, 15) is 5.11 Å². The van der Waals surface area contributed by atoms with E-state index in [0.717, 1.165) is 6.42 Å². The van der Waals surface area contributed by atoms with E-state index in [1.807, 2.05) is 12.1 Å². The number of β-amino-alcohol motifs (C(OH)–C–C–N with tert-alkyl or cyclic N) is 1. The molecular weight excluding hydrogens is 234 g/mol. The molecule has 0 saturated carbocycles. The van der Waals surface area contributed by atoms with Crippen molar-refractivity contribution in [2.45, 2.75) is 24.5 Å². The molecule has 19 heavy (non-hydrogen) atoms. The Labute approximate surface area is 114 Å². The van der Waals surface area contributed by atoms with Crippen LogP contribution in [0.25, 0.3) is 0 Å². The van der Waals surface area contributed by atoms with Crippen LogP contribution in [0.4, 0.5) is 0 Å². The molecule has 1 heterocycles. The third-order valence-corrected chi connectivity index (χ3v) is 3.86. The lowest BCUT2D eigenvalue weighted by molar-refractivity contribution is 0.192. The first-order valence-corrected chi connectivity index (χ1v) is 6.86. The first-order valence-electron chi connectivity index (χ1n) is 6.86. The predicted molar refractivity (Wildman–Crippen MR) is 77.1 cm³/mol. The lowest BCUT2D eigenvalue weighted by atomic mass is 9.84. The van der Waals surface area contributed by atoms with Crippen molar-refractivity contribution in [3.63, 3.8) is 0 Å². The second kappa shape index (κ2) is 5.55. The number of nitrogens with one attached hydrogen (secondary N) is 1. The number of aliphatic hydroxyl groups is 1. The highest BCUT2D eigenvalue weighted by atomic mass is 16.3. The average molecular weight is 253 g/mol. The minimum absolute atomic E-state index is 0.222. The van der Waals surface area contributed by atoms with Crippen LogP contribution >= 0.6 is 0 Å². The van der Waals surface area contributed by atoms with Crippen LogP contribution in [0.2, 0.25) is 0 Å². The summed E-state index contributed by atoms with van der Waals surface area (Å²) in [4.78, 5) is 0. The number of hydrogen-bond acceptors (Lipinski definition) is 2. The van der Waals surface area contributed by atoms with Crippen LogP contribution in [0.3, 0.4) is 0 Å². The molecule has 1 saturated heterocycles. The molecular formula is C17H19NO. The van der Waals surface area contributed by atoms with Crippen LogP contribution in [0.1, 0.15) is 23.5 Å². The van der Waals surface area contributed by atoms with Crippen LogP contribution in [0, 0.1) is 0 Å². The van der Waals surface area contributed by atoms with Crippen LogP contribution in [-0.2, 0) is 0 Å². The van der Waals surface area contributed by atoms with Crippen molar-refractivity contribution in [2.75, 3.05) is 6.54 Å². The first-order chi connectivity index (χ1) is 9.34. The summed E-state index contributed by atoms with van der Waals surface area (Å²) < 4.78 is 0. The van der Waals surface area contributed by atoms with E-state index >= 15 is 0 Å². The van der Waals surface area contributed by atoms with Gasteiger partial charge in [-0.15, -0.1) is 0 Å². The topological polar surface area (TPSA) is 32.3 Å². The molecule has 2 N–H and O–H groups in total. The van der Waals surface area contributed by atoms with Gasteiger partial charge < -0.3 is 10.4 Å². The Balaban J connectivity index is 1.97. The fraction of sp³-hybridized carbons (Fsp3) is 0.294. The molecule has 2 heteroatoms. The normalized spacial score (nSPS) is 22.8. The minimum Gasteiger partial charge on any atom is -0.392 e. The van der Waals surface area contributed by atoms with Crippen LogP contribution in [0.5, 0.6) is 0 Å². The first kappa shape index (κ1) is 12.4. The van der Waals surface area contributed by atoms with E-state index in [-0.39, 0.29) is 6.10 Å². The zero-order valence-corrected chi connectivity index (χ0v) is 10.9. The zero-order valence-electron chi connectivity index (χ0n) is 10.9. The number of hydrogen-bond donors (Lipinski definition) is 2. The second-order valence-electron chi connectivity index (χ2n) is 5.20. The number of aliphatic hydroxyl groups excluding tert-OH is 1. The highest BCUT2D eigenvalue weighted by Crippen LogP contribution is 2.31. The van der Waals surface area contributed by atoms with E-state index in [1.165, 1.54) is 11.1 Å². The van der Waals surface area contributed by atoms with Gasteiger partial charge in [0, 0.05) is 18.5 Å².